The molecule has 16 heteroatoms. The van der Waals surface area contributed by atoms with Gasteiger partial charge in [-0.05, 0) is 77.9 Å². The number of halogens is 1. The molecular weight excluding hydrogens is 837 g/mol. The van der Waals surface area contributed by atoms with Crippen LogP contribution < -0.4 is 26.8 Å². The lowest BCUT2D eigenvalue weighted by Crippen LogP contribution is -2.21. The first-order valence-corrected chi connectivity index (χ1v) is 21.0. The zero-order chi connectivity index (χ0) is 42.1. The summed E-state index contributed by atoms with van der Waals surface area (Å²) in [6.45, 7) is 16.1. The molecule has 5 aromatic rings. The van der Waals surface area contributed by atoms with Crippen LogP contribution in [-0.2, 0) is 25.5 Å². The molecule has 0 amide bonds. The molecule has 0 saturated carbocycles. The normalized spacial score (nSPS) is 10.5. The van der Waals surface area contributed by atoms with E-state index in [1.807, 2.05) is 47.8 Å². The Morgan fingerprint density at radius 3 is 1.82 bits per heavy atom. The van der Waals surface area contributed by atoms with Gasteiger partial charge in [0, 0.05) is 72.3 Å². The third-order valence-corrected chi connectivity index (χ3v) is 9.98. The van der Waals surface area contributed by atoms with Gasteiger partial charge in [0.15, 0.2) is 5.78 Å². The number of fused-ring (bicyclic) bond motifs is 2. The molecule has 0 aliphatic rings. The molecule has 0 fully saturated rings. The summed E-state index contributed by atoms with van der Waals surface area (Å²) in [5.41, 5.74) is 8.26. The first-order valence-electron chi connectivity index (χ1n) is 18.6. The Bertz CT molecular complexity index is 2260. The smallest absolute Gasteiger partial charge is 0.347 e. The Morgan fingerprint density at radius 1 is 0.789 bits per heavy atom. The van der Waals surface area contributed by atoms with Gasteiger partial charge >= 0.3 is 23.2 Å². The number of ether oxygens (including phenoxy) is 2. The number of alkyl halides is 1. The monoisotopic (exact) mass is 884 g/mol. The lowest BCUT2D eigenvalue weighted by atomic mass is 10.1. The van der Waals surface area contributed by atoms with Gasteiger partial charge in [-0.15, -0.1) is 11.3 Å². The van der Waals surface area contributed by atoms with E-state index < -0.39 is 11.3 Å². The molecule has 3 aromatic heterocycles. The number of nitrogens with zero attached hydrogens (tertiary/aromatic N) is 3. The number of rotatable bonds is 16. The lowest BCUT2D eigenvalue weighted by Gasteiger charge is -2.20. The van der Waals surface area contributed by atoms with Crippen molar-refractivity contribution < 1.29 is 32.7 Å². The Kier molecular flexibility index (Phi) is 19.0. The van der Waals surface area contributed by atoms with Crippen molar-refractivity contribution in [1.29, 1.82) is 0 Å². The van der Waals surface area contributed by atoms with Crippen LogP contribution in [0.4, 0.5) is 11.4 Å². The molecule has 13 nitrogen and oxygen atoms in total. The number of ketones is 1. The van der Waals surface area contributed by atoms with Crippen LogP contribution in [0, 0.1) is 0 Å². The van der Waals surface area contributed by atoms with Crippen molar-refractivity contribution in [3.63, 3.8) is 0 Å². The molecule has 306 valence electrons. The SMILES string of the molecule is CCN(CC)c1ccc2cc(C(=O)CBr)c(=O)oc2c1.CCOC(=O)CC(N)=S.CCOC(=O)CCc1nc(-c2cc3ccc(N(CC)CC)cc3oc2=O)cs1. The predicted molar refractivity (Wildman–Crippen MR) is 234 cm³/mol. The quantitative estimate of drug-likeness (QED) is 0.0335. The summed E-state index contributed by atoms with van der Waals surface area (Å²) in [5.74, 6) is -0.869. The number of thiocarbonyl (C=S) groups is 1. The highest BCUT2D eigenvalue weighted by Gasteiger charge is 2.15. The number of Topliss-reactive ketones (excluding diaryl/α,β-unsaturated/α-hetero) is 1. The van der Waals surface area contributed by atoms with Gasteiger partial charge in [0.1, 0.15) is 16.7 Å². The van der Waals surface area contributed by atoms with Crippen molar-refractivity contribution in [2.45, 2.75) is 60.8 Å². The number of anilines is 2. The van der Waals surface area contributed by atoms with Gasteiger partial charge in [-0.1, -0.05) is 28.1 Å². The molecule has 3 heterocycles. The molecule has 0 spiro atoms. The zero-order valence-electron chi connectivity index (χ0n) is 33.1. The maximum absolute atomic E-state index is 12.5. The molecule has 0 aliphatic carbocycles. The fourth-order valence-electron chi connectivity index (χ4n) is 5.56. The summed E-state index contributed by atoms with van der Waals surface area (Å²) < 4.78 is 20.3. The maximum Gasteiger partial charge on any atom is 0.347 e. The van der Waals surface area contributed by atoms with Gasteiger partial charge < -0.3 is 33.8 Å². The first-order chi connectivity index (χ1) is 27.3. The Hall–Kier alpha value is -4.93. The van der Waals surface area contributed by atoms with Crippen LogP contribution >= 0.6 is 39.5 Å². The Labute approximate surface area is 349 Å². The third-order valence-electron chi connectivity index (χ3n) is 8.42. The van der Waals surface area contributed by atoms with Crippen molar-refractivity contribution in [1.82, 2.24) is 4.98 Å². The van der Waals surface area contributed by atoms with Gasteiger partial charge in [0.05, 0.1) is 52.6 Å². The maximum atomic E-state index is 12.5. The number of hydrogen-bond donors (Lipinski definition) is 1. The minimum absolute atomic E-state index is 0.0448. The molecular formula is C41H49BrN4O9S2. The van der Waals surface area contributed by atoms with E-state index in [-0.39, 0.29) is 46.4 Å². The molecule has 0 atom stereocenters. The number of thiazole rings is 1. The average Bonchev–Trinajstić information content (AvgIpc) is 3.66. The van der Waals surface area contributed by atoms with Crippen LogP contribution in [0.15, 0.2) is 72.3 Å². The summed E-state index contributed by atoms with van der Waals surface area (Å²) in [7, 11) is 0. The Morgan fingerprint density at radius 2 is 1.32 bits per heavy atom. The third kappa shape index (κ3) is 13.6. The number of aryl methyl sites for hydroxylation is 1. The number of nitrogens with two attached hydrogens (primary N) is 1. The van der Waals surface area contributed by atoms with Crippen molar-refractivity contribution >= 4 is 95.5 Å². The largest absolute Gasteiger partial charge is 0.466 e. The van der Waals surface area contributed by atoms with E-state index in [0.717, 1.165) is 53.3 Å². The highest BCUT2D eigenvalue weighted by atomic mass is 79.9. The van der Waals surface area contributed by atoms with Crippen molar-refractivity contribution in [2.24, 2.45) is 5.73 Å². The topological polar surface area (TPSA) is 175 Å². The second-order valence-corrected chi connectivity index (χ2v) is 14.1. The van der Waals surface area contributed by atoms with Crippen LogP contribution in [-0.4, -0.2) is 72.4 Å². The highest BCUT2D eigenvalue weighted by molar-refractivity contribution is 9.09. The summed E-state index contributed by atoms with van der Waals surface area (Å²) >= 11 is 8.95. The lowest BCUT2D eigenvalue weighted by molar-refractivity contribution is -0.143. The van der Waals surface area contributed by atoms with Crippen molar-refractivity contribution in [3.05, 3.63) is 85.3 Å². The van der Waals surface area contributed by atoms with Gasteiger partial charge in [-0.3, -0.25) is 14.4 Å². The first kappa shape index (κ1) is 46.5. The number of carbonyl (C=O) groups is 3. The van der Waals surface area contributed by atoms with E-state index in [1.165, 1.54) is 11.3 Å². The van der Waals surface area contributed by atoms with E-state index >= 15 is 0 Å². The molecule has 0 radical (unpaired) electrons. The number of esters is 2. The molecule has 2 aromatic carbocycles. The molecule has 0 saturated heterocycles. The second kappa shape index (κ2) is 23.3. The Balaban J connectivity index is 0.000000261. The van der Waals surface area contributed by atoms with Crippen LogP contribution in [0.5, 0.6) is 0 Å². The molecule has 0 unspecified atom stereocenters. The second-order valence-electron chi connectivity index (χ2n) is 12.1. The number of aromatic nitrogens is 1. The van der Waals surface area contributed by atoms with Gasteiger partial charge in [0.25, 0.3) is 0 Å². The number of benzene rings is 2. The molecule has 5 rings (SSSR count). The molecule has 0 aliphatic heterocycles. The summed E-state index contributed by atoms with van der Waals surface area (Å²) in [5, 5.41) is 4.33. The minimum Gasteiger partial charge on any atom is -0.466 e. The van der Waals surface area contributed by atoms with Crippen molar-refractivity contribution in [2.75, 3.05) is 54.5 Å². The molecule has 0 bridgehead atoms. The fraction of sp³-hybridized carbons (Fsp3) is 0.390. The zero-order valence-corrected chi connectivity index (χ0v) is 36.3. The summed E-state index contributed by atoms with van der Waals surface area (Å²) in [6.07, 6.45) is 0.820. The number of hydrogen-bond acceptors (Lipinski definition) is 14. The fourth-order valence-corrected chi connectivity index (χ4v) is 6.78. The van der Waals surface area contributed by atoms with Gasteiger partial charge in [-0.2, -0.15) is 0 Å². The van der Waals surface area contributed by atoms with E-state index in [4.69, 9.17) is 19.3 Å². The highest BCUT2D eigenvalue weighted by Crippen LogP contribution is 2.27. The van der Waals surface area contributed by atoms with Crippen molar-refractivity contribution in [3.8, 4) is 11.3 Å². The van der Waals surface area contributed by atoms with E-state index in [2.05, 4.69) is 75.4 Å². The standard InChI is InChI=1S/C21H24N2O4S.C15H16BrNO3.C5H9NO2S/c1-4-23(5-2)15-8-7-14-11-16(21(25)27-18(14)12-15)17-13-28-19(22-17)9-10-20(24)26-6-3;1-3-17(4-2)11-6-5-10-7-12(13(18)9-16)15(19)20-14(10)8-11;1-2-8-5(7)3-4(6)9/h7-8,11-13H,4-6,9-10H2,1-3H3;5-8H,3-4,9H2,1-2H3;2-3H2,1H3,(H2,6,9). The average molecular weight is 886 g/mol. The van der Waals surface area contributed by atoms with Gasteiger partial charge in [-0.25, -0.2) is 14.6 Å². The van der Waals surface area contributed by atoms with E-state index in [9.17, 15) is 24.0 Å². The van der Waals surface area contributed by atoms with E-state index in [1.54, 1.807) is 19.9 Å². The van der Waals surface area contributed by atoms with Crippen LogP contribution in [0.25, 0.3) is 33.2 Å². The summed E-state index contributed by atoms with van der Waals surface area (Å²) in [4.78, 5) is 67.0. The van der Waals surface area contributed by atoms with Crippen LogP contribution in [0.1, 0.15) is 69.7 Å². The summed E-state index contributed by atoms with van der Waals surface area (Å²) in [6, 6.07) is 15.0. The number of carbonyl (C=O) groups excluding carboxylic acids is 3. The molecule has 57 heavy (non-hydrogen) atoms. The van der Waals surface area contributed by atoms with Crippen LogP contribution in [0.3, 0.4) is 0 Å². The molecule has 2 N–H and O–H groups in total. The van der Waals surface area contributed by atoms with E-state index in [0.29, 0.717) is 42.1 Å². The van der Waals surface area contributed by atoms with Gasteiger partial charge in [0.2, 0.25) is 0 Å². The minimum atomic E-state index is -0.585. The van der Waals surface area contributed by atoms with Crippen LogP contribution in [0.2, 0.25) is 0 Å². The predicted octanol–water partition coefficient (Wildman–Crippen LogP) is 7.70.